The molecule has 0 aliphatic heterocycles. The SMILES string of the molecule is NCOB[C@@H](Cc1ccc(O)cc1)C(=O)O. The number of hydrogen-bond donors (Lipinski definition) is 3. The number of carboxylic acids is 1. The molecule has 4 N–H and O–H groups in total. The lowest BCUT2D eigenvalue weighted by Gasteiger charge is -2.10. The number of carboxylic acid groups (broad SMARTS) is 1. The van der Waals surface area contributed by atoms with Gasteiger partial charge < -0.3 is 20.6 Å². The average Bonchev–Trinajstić information content (AvgIpc) is 2.26. The summed E-state index contributed by atoms with van der Waals surface area (Å²) in [4.78, 5) is 10.9. The van der Waals surface area contributed by atoms with Crippen LogP contribution < -0.4 is 5.73 Å². The van der Waals surface area contributed by atoms with E-state index < -0.39 is 11.8 Å². The second-order valence-corrected chi connectivity index (χ2v) is 3.44. The van der Waals surface area contributed by atoms with Crippen molar-refractivity contribution in [1.29, 1.82) is 0 Å². The molecule has 5 nitrogen and oxygen atoms in total. The maximum Gasteiger partial charge on any atom is 0.301 e. The summed E-state index contributed by atoms with van der Waals surface area (Å²) in [7, 11) is 0.0900. The van der Waals surface area contributed by atoms with Crippen LogP contribution in [-0.2, 0) is 15.9 Å². The van der Waals surface area contributed by atoms with Crippen molar-refractivity contribution < 1.29 is 19.7 Å². The van der Waals surface area contributed by atoms with E-state index in [1.54, 1.807) is 12.1 Å². The van der Waals surface area contributed by atoms with E-state index in [4.69, 9.17) is 20.6 Å². The highest BCUT2D eigenvalue weighted by Crippen LogP contribution is 2.16. The van der Waals surface area contributed by atoms with E-state index in [9.17, 15) is 4.79 Å². The van der Waals surface area contributed by atoms with Gasteiger partial charge in [-0.25, -0.2) is 0 Å². The number of hydrogen-bond acceptors (Lipinski definition) is 4. The molecule has 0 fully saturated rings. The molecule has 0 bridgehead atoms. The molecule has 86 valence electrons. The number of rotatable bonds is 6. The number of phenols is 1. The van der Waals surface area contributed by atoms with E-state index >= 15 is 0 Å². The average molecular weight is 223 g/mol. The lowest BCUT2D eigenvalue weighted by Crippen LogP contribution is -2.21. The number of aliphatic carboxylic acids is 1. The predicted molar refractivity (Wildman–Crippen MR) is 60.5 cm³/mol. The normalized spacial score (nSPS) is 12.1. The van der Waals surface area contributed by atoms with Crippen molar-refractivity contribution in [3.05, 3.63) is 29.8 Å². The minimum Gasteiger partial charge on any atom is -0.508 e. The van der Waals surface area contributed by atoms with Crippen LogP contribution in [0.5, 0.6) is 5.75 Å². The van der Waals surface area contributed by atoms with Crippen LogP contribution in [0.3, 0.4) is 0 Å². The second-order valence-electron chi connectivity index (χ2n) is 3.44. The Morgan fingerprint density at radius 3 is 2.56 bits per heavy atom. The van der Waals surface area contributed by atoms with Gasteiger partial charge in [-0.05, 0) is 24.1 Å². The van der Waals surface area contributed by atoms with Crippen molar-refractivity contribution >= 4 is 13.5 Å². The zero-order valence-electron chi connectivity index (χ0n) is 8.80. The maximum atomic E-state index is 10.9. The summed E-state index contributed by atoms with van der Waals surface area (Å²) in [5.41, 5.74) is 5.98. The standard InChI is InChI=1S/C10H14BNO4/c12-6-16-11-9(10(14)15)5-7-1-3-8(13)4-2-7/h1-4,9,11,13H,5-6,12H2,(H,14,15)/t9-/m0/s1. The first-order chi connectivity index (χ1) is 7.63. The van der Waals surface area contributed by atoms with Gasteiger partial charge in [0.05, 0.1) is 12.5 Å². The first-order valence-electron chi connectivity index (χ1n) is 4.92. The fraction of sp³-hybridized carbons (Fsp3) is 0.300. The highest BCUT2D eigenvalue weighted by atomic mass is 16.4. The molecule has 1 rings (SSSR count). The van der Waals surface area contributed by atoms with E-state index in [0.717, 1.165) is 5.56 Å². The molecule has 0 saturated carbocycles. The second kappa shape index (κ2) is 6.14. The summed E-state index contributed by atoms with van der Waals surface area (Å²) in [5.74, 6) is -1.37. The van der Waals surface area contributed by atoms with E-state index in [2.05, 4.69) is 0 Å². The Hall–Kier alpha value is -1.53. The summed E-state index contributed by atoms with van der Waals surface area (Å²) in [6.07, 6.45) is 0.357. The molecule has 16 heavy (non-hydrogen) atoms. The molecule has 0 heterocycles. The van der Waals surface area contributed by atoms with Crippen molar-refractivity contribution in [3.8, 4) is 5.75 Å². The molecule has 0 aliphatic carbocycles. The van der Waals surface area contributed by atoms with Crippen LogP contribution >= 0.6 is 0 Å². The van der Waals surface area contributed by atoms with Crippen LogP contribution in [0, 0.1) is 0 Å². The summed E-state index contributed by atoms with van der Waals surface area (Å²) in [5, 5.41) is 18.0. The van der Waals surface area contributed by atoms with Gasteiger partial charge in [0.2, 0.25) is 0 Å². The molecule has 0 unspecified atom stereocenters. The molecule has 0 spiro atoms. The number of carbonyl (C=O) groups is 1. The zero-order valence-corrected chi connectivity index (χ0v) is 8.80. The highest BCUT2D eigenvalue weighted by molar-refractivity contribution is 6.36. The minimum atomic E-state index is -0.915. The summed E-state index contributed by atoms with van der Waals surface area (Å²) < 4.78 is 4.90. The summed E-state index contributed by atoms with van der Waals surface area (Å²) in [6.45, 7) is 0.0133. The molecular formula is C10H14BNO4. The van der Waals surface area contributed by atoms with E-state index in [-0.39, 0.29) is 20.0 Å². The van der Waals surface area contributed by atoms with Gasteiger partial charge in [0, 0.05) is 0 Å². The first-order valence-corrected chi connectivity index (χ1v) is 4.92. The van der Waals surface area contributed by atoms with Crippen LogP contribution in [0.25, 0.3) is 0 Å². The fourth-order valence-electron chi connectivity index (χ4n) is 1.34. The van der Waals surface area contributed by atoms with Crippen LogP contribution in [0.2, 0.25) is 5.82 Å². The van der Waals surface area contributed by atoms with Gasteiger partial charge in [-0.2, -0.15) is 0 Å². The van der Waals surface area contributed by atoms with Crippen molar-refractivity contribution in [3.63, 3.8) is 0 Å². The first kappa shape index (κ1) is 12.5. The molecule has 0 amide bonds. The molecule has 0 aliphatic rings. The summed E-state index contributed by atoms with van der Waals surface area (Å²) >= 11 is 0. The monoisotopic (exact) mass is 223 g/mol. The van der Waals surface area contributed by atoms with Crippen molar-refractivity contribution in [2.24, 2.45) is 5.73 Å². The van der Waals surface area contributed by atoms with Crippen LogP contribution in [0.15, 0.2) is 24.3 Å². The van der Waals surface area contributed by atoms with Gasteiger partial charge in [-0.1, -0.05) is 12.1 Å². The molecule has 1 atom stereocenters. The van der Waals surface area contributed by atoms with Gasteiger partial charge in [-0.3, -0.25) is 4.79 Å². The molecule has 0 saturated heterocycles. The summed E-state index contributed by atoms with van der Waals surface area (Å²) in [6, 6.07) is 6.43. The zero-order chi connectivity index (χ0) is 12.0. The number of aromatic hydroxyl groups is 1. The van der Waals surface area contributed by atoms with Gasteiger partial charge in [0.1, 0.15) is 5.75 Å². The molecule has 1 aromatic carbocycles. The van der Waals surface area contributed by atoms with Gasteiger partial charge in [0.15, 0.2) is 0 Å². The number of phenolic OH excluding ortho intramolecular Hbond substituents is 1. The maximum absolute atomic E-state index is 10.9. The molecular weight excluding hydrogens is 209 g/mol. The quantitative estimate of drug-likeness (QED) is 0.469. The highest BCUT2D eigenvalue weighted by Gasteiger charge is 2.20. The van der Waals surface area contributed by atoms with Gasteiger partial charge in [0.25, 0.3) is 7.48 Å². The van der Waals surface area contributed by atoms with Crippen molar-refractivity contribution in [1.82, 2.24) is 0 Å². The fourth-order valence-corrected chi connectivity index (χ4v) is 1.34. The van der Waals surface area contributed by atoms with Crippen molar-refractivity contribution in [2.45, 2.75) is 12.2 Å². The predicted octanol–water partition coefficient (Wildman–Crippen LogP) is 0.0921. The number of benzene rings is 1. The molecule has 1 aromatic rings. The van der Waals surface area contributed by atoms with Gasteiger partial charge in [-0.15, -0.1) is 0 Å². The third-order valence-corrected chi connectivity index (χ3v) is 2.20. The van der Waals surface area contributed by atoms with Crippen LogP contribution in [0.4, 0.5) is 0 Å². The molecule has 6 heteroatoms. The van der Waals surface area contributed by atoms with E-state index in [1.807, 2.05) is 0 Å². The largest absolute Gasteiger partial charge is 0.508 e. The Kier molecular flexibility index (Phi) is 4.82. The van der Waals surface area contributed by atoms with E-state index in [1.165, 1.54) is 12.1 Å². The third kappa shape index (κ3) is 3.92. The molecule has 0 aromatic heterocycles. The lowest BCUT2D eigenvalue weighted by molar-refractivity contribution is -0.137. The Morgan fingerprint density at radius 1 is 1.44 bits per heavy atom. The molecule has 0 radical (unpaired) electrons. The third-order valence-electron chi connectivity index (χ3n) is 2.20. The van der Waals surface area contributed by atoms with Crippen molar-refractivity contribution in [2.75, 3.05) is 6.73 Å². The lowest BCUT2D eigenvalue weighted by atomic mass is 9.76. The Morgan fingerprint density at radius 2 is 2.06 bits per heavy atom. The Balaban J connectivity index is 2.60. The Labute approximate surface area is 94.1 Å². The topological polar surface area (TPSA) is 92.8 Å². The van der Waals surface area contributed by atoms with Crippen LogP contribution in [-0.4, -0.2) is 30.4 Å². The van der Waals surface area contributed by atoms with Crippen LogP contribution in [0.1, 0.15) is 5.56 Å². The van der Waals surface area contributed by atoms with Gasteiger partial charge >= 0.3 is 5.97 Å². The Bertz CT molecular complexity index is 341. The smallest absolute Gasteiger partial charge is 0.301 e. The number of nitrogens with two attached hydrogens (primary N) is 1. The minimum absolute atomic E-state index is 0.0133. The van der Waals surface area contributed by atoms with E-state index in [0.29, 0.717) is 6.42 Å².